The molecule has 0 spiro atoms. The van der Waals surface area contributed by atoms with Gasteiger partial charge in [-0.1, -0.05) is 31.2 Å². The van der Waals surface area contributed by atoms with E-state index in [1.807, 2.05) is 25.1 Å². The molecule has 2 rings (SSSR count). The molecule has 1 aromatic carbocycles. The quantitative estimate of drug-likeness (QED) is 0.868. The van der Waals surface area contributed by atoms with Crippen LogP contribution in [0.1, 0.15) is 30.5 Å². The lowest BCUT2D eigenvalue weighted by Crippen LogP contribution is -2.42. The van der Waals surface area contributed by atoms with Crippen LogP contribution in [0.2, 0.25) is 0 Å². The van der Waals surface area contributed by atoms with Crippen molar-refractivity contribution in [2.24, 2.45) is 0 Å². The Hall–Kier alpha value is -0.910. The zero-order valence-corrected chi connectivity index (χ0v) is 12.9. The summed E-state index contributed by atoms with van der Waals surface area (Å²) >= 11 is 0. The lowest BCUT2D eigenvalue weighted by molar-refractivity contribution is 0.216. The van der Waals surface area contributed by atoms with Gasteiger partial charge in [-0.3, -0.25) is 0 Å². The molecule has 0 fully saturated rings. The van der Waals surface area contributed by atoms with Gasteiger partial charge in [0, 0.05) is 13.2 Å². The second-order valence-corrected chi connectivity index (χ2v) is 7.51. The van der Waals surface area contributed by atoms with Crippen LogP contribution in [0.25, 0.3) is 0 Å². The molecular weight excluding hydrogens is 274 g/mol. The Kier molecular flexibility index (Phi) is 5.18. The summed E-state index contributed by atoms with van der Waals surface area (Å²) in [6.07, 6.45) is 1.51. The third-order valence-corrected chi connectivity index (χ3v) is 6.08. The highest BCUT2D eigenvalue weighted by atomic mass is 32.2. The van der Waals surface area contributed by atoms with E-state index in [2.05, 4.69) is 11.4 Å². The highest BCUT2D eigenvalue weighted by Gasteiger charge is 2.37. The number of rotatable bonds is 6. The van der Waals surface area contributed by atoms with Gasteiger partial charge in [-0.2, -0.15) is 0 Å². The van der Waals surface area contributed by atoms with Gasteiger partial charge in [-0.05, 0) is 30.5 Å². The molecule has 0 radical (unpaired) electrons. The largest absolute Gasteiger partial charge is 0.384 e. The maximum atomic E-state index is 12.5. The van der Waals surface area contributed by atoms with Crippen molar-refractivity contribution in [1.82, 2.24) is 5.32 Å². The molecule has 4 nitrogen and oxygen atoms in total. The van der Waals surface area contributed by atoms with Gasteiger partial charge in [0.05, 0.1) is 17.6 Å². The van der Waals surface area contributed by atoms with Crippen molar-refractivity contribution in [1.29, 1.82) is 0 Å². The zero-order valence-electron chi connectivity index (χ0n) is 12.1. The molecule has 2 atom stereocenters. The van der Waals surface area contributed by atoms with E-state index in [0.29, 0.717) is 6.42 Å². The van der Waals surface area contributed by atoms with Crippen LogP contribution in [0.15, 0.2) is 24.3 Å². The maximum Gasteiger partial charge on any atom is 0.157 e. The zero-order chi connectivity index (χ0) is 14.6. The number of hydrogen-bond donors (Lipinski definition) is 1. The fourth-order valence-electron chi connectivity index (χ4n) is 2.93. The number of aryl methyl sites for hydroxylation is 1. The Morgan fingerprint density at radius 1 is 1.35 bits per heavy atom. The summed E-state index contributed by atoms with van der Waals surface area (Å²) in [5.41, 5.74) is 2.39. The van der Waals surface area contributed by atoms with Crippen LogP contribution in [-0.2, 0) is 21.0 Å². The van der Waals surface area contributed by atoms with E-state index >= 15 is 0 Å². The molecule has 5 heteroatoms. The number of methoxy groups -OCH3 is 1. The summed E-state index contributed by atoms with van der Waals surface area (Å²) < 4.78 is 30.0. The fraction of sp³-hybridized carbons (Fsp3) is 0.600. The van der Waals surface area contributed by atoms with Crippen molar-refractivity contribution in [3.63, 3.8) is 0 Å². The molecule has 1 aliphatic rings. The van der Waals surface area contributed by atoms with Crippen molar-refractivity contribution in [3.8, 4) is 0 Å². The van der Waals surface area contributed by atoms with Gasteiger partial charge in [0.2, 0.25) is 0 Å². The van der Waals surface area contributed by atoms with Crippen LogP contribution in [0.4, 0.5) is 0 Å². The van der Waals surface area contributed by atoms with Crippen LogP contribution < -0.4 is 5.32 Å². The Morgan fingerprint density at radius 3 is 2.80 bits per heavy atom. The van der Waals surface area contributed by atoms with E-state index < -0.39 is 9.84 Å². The van der Waals surface area contributed by atoms with Gasteiger partial charge < -0.3 is 10.1 Å². The number of ether oxygens (including phenoxy) is 1. The average molecular weight is 297 g/mol. The molecule has 0 aliphatic heterocycles. The molecule has 0 bridgehead atoms. The highest BCUT2D eigenvalue weighted by Crippen LogP contribution is 2.34. The van der Waals surface area contributed by atoms with E-state index in [9.17, 15) is 8.42 Å². The summed E-state index contributed by atoms with van der Waals surface area (Å²) in [6, 6.07) is 8.03. The van der Waals surface area contributed by atoms with Gasteiger partial charge in [-0.15, -0.1) is 0 Å². The fourth-order valence-corrected chi connectivity index (χ4v) is 4.77. The van der Waals surface area contributed by atoms with Gasteiger partial charge in [-0.25, -0.2) is 8.42 Å². The first-order valence-corrected chi connectivity index (χ1v) is 8.83. The molecule has 0 saturated heterocycles. The first-order chi connectivity index (χ1) is 9.60. The van der Waals surface area contributed by atoms with Crippen molar-refractivity contribution >= 4 is 9.84 Å². The summed E-state index contributed by atoms with van der Waals surface area (Å²) in [5.74, 6) is 0.0955. The van der Waals surface area contributed by atoms with Gasteiger partial charge in [0.25, 0.3) is 0 Å². The monoisotopic (exact) mass is 297 g/mol. The number of sulfone groups is 1. The molecule has 0 saturated carbocycles. The Bertz CT molecular complexity index is 542. The second-order valence-electron chi connectivity index (χ2n) is 5.17. The molecule has 1 N–H and O–H groups in total. The lowest BCUT2D eigenvalue weighted by atomic mass is 9.87. The Balaban J connectivity index is 2.30. The Labute approximate surface area is 121 Å². The van der Waals surface area contributed by atoms with E-state index in [-0.39, 0.29) is 23.7 Å². The van der Waals surface area contributed by atoms with E-state index in [0.717, 1.165) is 18.5 Å². The number of benzene rings is 1. The summed E-state index contributed by atoms with van der Waals surface area (Å²) in [5, 5.41) is 3.00. The number of fused-ring (bicyclic) bond motifs is 1. The van der Waals surface area contributed by atoms with E-state index in [4.69, 9.17) is 4.74 Å². The number of hydrogen-bond acceptors (Lipinski definition) is 4. The minimum absolute atomic E-state index is 0.0955. The van der Waals surface area contributed by atoms with Gasteiger partial charge in [0.15, 0.2) is 9.84 Å². The Morgan fingerprint density at radius 2 is 2.10 bits per heavy atom. The number of nitrogens with one attached hydrogen (secondary N) is 1. The second kappa shape index (κ2) is 6.70. The molecular formula is C15H23NO3S. The van der Waals surface area contributed by atoms with Crippen LogP contribution in [0.5, 0.6) is 0 Å². The molecule has 112 valence electrons. The predicted octanol–water partition coefficient (Wildman–Crippen LogP) is 1.71. The molecule has 1 aromatic rings. The lowest BCUT2D eigenvalue weighted by Gasteiger charge is -2.33. The smallest absolute Gasteiger partial charge is 0.157 e. The SMILES string of the molecule is CCNC1c2ccccc2CCC1S(=O)(=O)CCOC. The third-order valence-electron chi connectivity index (χ3n) is 3.92. The molecule has 1 aliphatic carbocycles. The molecule has 0 amide bonds. The predicted molar refractivity (Wildman–Crippen MR) is 80.6 cm³/mol. The molecule has 0 aromatic heterocycles. The van der Waals surface area contributed by atoms with Crippen molar-refractivity contribution in [3.05, 3.63) is 35.4 Å². The van der Waals surface area contributed by atoms with Crippen molar-refractivity contribution < 1.29 is 13.2 Å². The topological polar surface area (TPSA) is 55.4 Å². The van der Waals surface area contributed by atoms with Crippen LogP contribution in [0, 0.1) is 0 Å². The summed E-state index contributed by atoms with van der Waals surface area (Å²) in [7, 11) is -1.61. The summed E-state index contributed by atoms with van der Waals surface area (Å²) in [6.45, 7) is 3.03. The minimum Gasteiger partial charge on any atom is -0.384 e. The third kappa shape index (κ3) is 3.22. The van der Waals surface area contributed by atoms with Crippen LogP contribution in [-0.4, -0.2) is 39.7 Å². The highest BCUT2D eigenvalue weighted by molar-refractivity contribution is 7.92. The first-order valence-electron chi connectivity index (χ1n) is 7.12. The minimum atomic E-state index is -3.15. The maximum absolute atomic E-state index is 12.5. The first kappa shape index (κ1) is 15.5. The van der Waals surface area contributed by atoms with Gasteiger partial charge in [0.1, 0.15) is 0 Å². The molecule has 20 heavy (non-hydrogen) atoms. The van der Waals surface area contributed by atoms with E-state index in [1.165, 1.54) is 12.7 Å². The summed E-state index contributed by atoms with van der Waals surface area (Å²) in [4.78, 5) is 0. The standard InChI is InChI=1S/C15H23NO3S/c1-3-16-15-13-7-5-4-6-12(13)8-9-14(15)20(17,18)11-10-19-2/h4-7,14-16H,3,8-11H2,1-2H3. The molecule has 0 heterocycles. The van der Waals surface area contributed by atoms with Gasteiger partial charge >= 0.3 is 0 Å². The van der Waals surface area contributed by atoms with Crippen LogP contribution in [0.3, 0.4) is 0 Å². The van der Waals surface area contributed by atoms with E-state index in [1.54, 1.807) is 0 Å². The average Bonchev–Trinajstić information content (AvgIpc) is 2.45. The normalized spacial score (nSPS) is 22.5. The van der Waals surface area contributed by atoms with Crippen molar-refractivity contribution in [2.45, 2.75) is 31.1 Å². The van der Waals surface area contributed by atoms with Crippen molar-refractivity contribution in [2.75, 3.05) is 26.0 Å². The molecule has 2 unspecified atom stereocenters. The van der Waals surface area contributed by atoms with Crippen LogP contribution >= 0.6 is 0 Å².